The maximum atomic E-state index is 11.9. The fourth-order valence-corrected chi connectivity index (χ4v) is 2.67. The molecule has 0 saturated carbocycles. The quantitative estimate of drug-likeness (QED) is 0.598. The molecule has 0 bridgehead atoms. The number of ether oxygens (including phenoxy) is 3. The van der Waals surface area contributed by atoms with Gasteiger partial charge in [0.15, 0.2) is 0 Å². The molecule has 0 amide bonds. The number of hydrogen-bond donors (Lipinski definition) is 1. The highest BCUT2D eigenvalue weighted by Crippen LogP contribution is 2.31. The van der Waals surface area contributed by atoms with Crippen molar-refractivity contribution in [3.05, 3.63) is 23.0 Å². The highest BCUT2D eigenvalue weighted by atomic mass is 16.7. The minimum Gasteiger partial charge on any atom is -0.464 e. The second kappa shape index (κ2) is 8.18. The lowest BCUT2D eigenvalue weighted by molar-refractivity contribution is -0.219. The molecule has 0 saturated heterocycles. The highest BCUT2D eigenvalue weighted by molar-refractivity contribution is 5.87. The summed E-state index contributed by atoms with van der Waals surface area (Å²) in [5.41, 5.74) is 1.85. The number of H-pyrrole nitrogens is 1. The summed E-state index contributed by atoms with van der Waals surface area (Å²) in [5, 5.41) is 0. The van der Waals surface area contributed by atoms with Gasteiger partial charge < -0.3 is 19.2 Å². The van der Waals surface area contributed by atoms with Gasteiger partial charge in [-0.2, -0.15) is 0 Å². The molecule has 1 unspecified atom stereocenters. The third-order valence-corrected chi connectivity index (χ3v) is 4.05. The van der Waals surface area contributed by atoms with E-state index in [0.29, 0.717) is 17.3 Å². The Morgan fingerprint density at radius 2 is 1.64 bits per heavy atom. The first-order valence-electron chi connectivity index (χ1n) is 8.18. The number of esters is 3. The van der Waals surface area contributed by atoms with Crippen LogP contribution in [-0.2, 0) is 30.2 Å². The normalized spacial score (nSPS) is 12.6. The number of carbonyl (C=O) groups excluding carboxylic acids is 3. The van der Waals surface area contributed by atoms with Gasteiger partial charge in [0.05, 0.1) is 13.5 Å². The molecule has 0 radical (unpaired) electrons. The van der Waals surface area contributed by atoms with Crippen molar-refractivity contribution in [2.75, 3.05) is 7.11 Å². The van der Waals surface area contributed by atoms with Crippen molar-refractivity contribution in [3.63, 3.8) is 0 Å². The number of nitrogens with one attached hydrogen (secondary N) is 1. The first kappa shape index (κ1) is 20.7. The van der Waals surface area contributed by atoms with Crippen molar-refractivity contribution >= 4 is 17.9 Å². The Kier molecular flexibility index (Phi) is 6.78. The Labute approximate surface area is 148 Å². The number of methoxy groups -OCH3 is 1. The van der Waals surface area contributed by atoms with Crippen LogP contribution in [0.25, 0.3) is 0 Å². The van der Waals surface area contributed by atoms with Gasteiger partial charge >= 0.3 is 17.9 Å². The van der Waals surface area contributed by atoms with E-state index in [4.69, 9.17) is 14.2 Å². The van der Waals surface area contributed by atoms with E-state index in [1.807, 2.05) is 6.92 Å². The first-order chi connectivity index (χ1) is 11.5. The summed E-state index contributed by atoms with van der Waals surface area (Å²) in [6.07, 6.45) is 0.0928. The largest absolute Gasteiger partial charge is 0.464 e. The van der Waals surface area contributed by atoms with E-state index in [0.717, 1.165) is 5.56 Å². The van der Waals surface area contributed by atoms with E-state index < -0.39 is 23.7 Å². The molecule has 0 aliphatic rings. The molecule has 7 nitrogen and oxygen atoms in total. The van der Waals surface area contributed by atoms with Crippen molar-refractivity contribution in [1.82, 2.24) is 4.98 Å². The van der Waals surface area contributed by atoms with Crippen LogP contribution in [0, 0.1) is 5.92 Å². The molecule has 25 heavy (non-hydrogen) atoms. The average Bonchev–Trinajstić information content (AvgIpc) is 2.86. The Hall–Kier alpha value is -2.31. The van der Waals surface area contributed by atoms with Crippen LogP contribution in [0.3, 0.4) is 0 Å². The summed E-state index contributed by atoms with van der Waals surface area (Å²) in [5.74, 6) is -2.66. The lowest BCUT2D eigenvalue weighted by Gasteiger charge is -2.29. The zero-order chi connectivity index (χ0) is 19.4. The number of aromatic nitrogens is 1. The Morgan fingerprint density at radius 3 is 2.04 bits per heavy atom. The van der Waals surface area contributed by atoms with Crippen LogP contribution >= 0.6 is 0 Å². The fraction of sp³-hybridized carbons (Fsp3) is 0.611. The smallest absolute Gasteiger partial charge is 0.354 e. The molecule has 0 spiro atoms. The lowest BCUT2D eigenvalue weighted by Crippen LogP contribution is -2.38. The molecule has 0 fully saturated rings. The van der Waals surface area contributed by atoms with Gasteiger partial charge in [-0.1, -0.05) is 20.8 Å². The fourth-order valence-electron chi connectivity index (χ4n) is 2.67. The van der Waals surface area contributed by atoms with Gasteiger partial charge in [-0.3, -0.25) is 9.59 Å². The number of aromatic amines is 1. The van der Waals surface area contributed by atoms with Gasteiger partial charge in [-0.05, 0) is 23.5 Å². The molecule has 7 heteroatoms. The molecule has 0 aliphatic carbocycles. The predicted molar refractivity (Wildman–Crippen MR) is 91.0 cm³/mol. The van der Waals surface area contributed by atoms with Crippen LogP contribution in [0.15, 0.2) is 6.07 Å². The van der Waals surface area contributed by atoms with Crippen LogP contribution in [0.1, 0.15) is 69.2 Å². The zero-order valence-corrected chi connectivity index (χ0v) is 15.9. The standard InChI is InChI=1S/C18H27NO6/c1-10(2)11(3)14-8-15(17(22)23-7)19-16(14)9-18(6,24-12(4)20)25-13(5)21/h8,10-11,19H,9H2,1-7H3. The summed E-state index contributed by atoms with van der Waals surface area (Å²) in [7, 11) is 1.30. The van der Waals surface area contributed by atoms with Crippen LogP contribution in [0.2, 0.25) is 0 Å². The highest BCUT2D eigenvalue weighted by Gasteiger charge is 2.34. The van der Waals surface area contributed by atoms with Crippen molar-refractivity contribution in [3.8, 4) is 0 Å². The van der Waals surface area contributed by atoms with Gasteiger partial charge in [-0.25, -0.2) is 4.79 Å². The van der Waals surface area contributed by atoms with Gasteiger partial charge in [0.1, 0.15) is 5.69 Å². The Bertz CT molecular complexity index is 630. The molecule has 140 valence electrons. The molecule has 1 aromatic rings. The summed E-state index contributed by atoms with van der Waals surface area (Å²) in [6, 6.07) is 1.73. The molecule has 0 aromatic carbocycles. The molecule has 1 atom stereocenters. The van der Waals surface area contributed by atoms with Crippen LogP contribution < -0.4 is 0 Å². The van der Waals surface area contributed by atoms with Crippen molar-refractivity contribution in [1.29, 1.82) is 0 Å². The van der Waals surface area contributed by atoms with Gasteiger partial charge in [0, 0.05) is 26.5 Å². The molecule has 1 rings (SSSR count). The summed E-state index contributed by atoms with van der Waals surface area (Å²) in [4.78, 5) is 37.7. The molecular weight excluding hydrogens is 326 g/mol. The van der Waals surface area contributed by atoms with E-state index in [1.165, 1.54) is 27.9 Å². The third-order valence-electron chi connectivity index (χ3n) is 4.05. The van der Waals surface area contributed by atoms with E-state index in [1.54, 1.807) is 6.07 Å². The van der Waals surface area contributed by atoms with Crippen LogP contribution in [0.4, 0.5) is 0 Å². The minimum absolute atomic E-state index is 0.0928. The maximum Gasteiger partial charge on any atom is 0.354 e. The van der Waals surface area contributed by atoms with Crippen LogP contribution in [-0.4, -0.2) is 35.8 Å². The number of rotatable bonds is 7. The molecule has 1 heterocycles. The third kappa shape index (κ3) is 5.62. The monoisotopic (exact) mass is 353 g/mol. The zero-order valence-electron chi connectivity index (χ0n) is 15.9. The van der Waals surface area contributed by atoms with Gasteiger partial charge in [0.2, 0.25) is 0 Å². The van der Waals surface area contributed by atoms with E-state index in [2.05, 4.69) is 18.8 Å². The topological polar surface area (TPSA) is 94.7 Å². The Balaban J connectivity index is 3.31. The average molecular weight is 353 g/mol. The lowest BCUT2D eigenvalue weighted by atomic mass is 9.89. The summed E-state index contributed by atoms with van der Waals surface area (Å²) in [6.45, 7) is 10.2. The predicted octanol–water partition coefficient (Wildman–Crippen LogP) is 2.95. The molecule has 0 aliphatic heterocycles. The minimum atomic E-state index is -1.47. The molecular formula is C18H27NO6. The number of carbonyl (C=O) groups is 3. The SMILES string of the molecule is COC(=O)c1cc(C(C)C(C)C)c(CC(C)(OC(C)=O)OC(C)=O)[nH]1. The first-order valence-corrected chi connectivity index (χ1v) is 8.18. The van der Waals surface area contributed by atoms with Crippen molar-refractivity contribution in [2.45, 2.75) is 59.7 Å². The Morgan fingerprint density at radius 1 is 1.12 bits per heavy atom. The van der Waals surface area contributed by atoms with Gasteiger partial charge in [-0.15, -0.1) is 0 Å². The van der Waals surface area contributed by atoms with Crippen molar-refractivity contribution < 1.29 is 28.6 Å². The van der Waals surface area contributed by atoms with E-state index in [9.17, 15) is 14.4 Å². The van der Waals surface area contributed by atoms with E-state index in [-0.39, 0.29) is 12.3 Å². The summed E-state index contributed by atoms with van der Waals surface area (Å²) < 4.78 is 15.2. The maximum absolute atomic E-state index is 11.9. The van der Waals surface area contributed by atoms with Gasteiger partial charge in [0.25, 0.3) is 5.79 Å². The number of hydrogen-bond acceptors (Lipinski definition) is 6. The summed E-state index contributed by atoms with van der Waals surface area (Å²) >= 11 is 0. The second-order valence-corrected chi connectivity index (χ2v) is 6.64. The molecule has 1 N–H and O–H groups in total. The molecule has 1 aromatic heterocycles. The van der Waals surface area contributed by atoms with E-state index >= 15 is 0 Å². The second-order valence-electron chi connectivity index (χ2n) is 6.64. The van der Waals surface area contributed by atoms with Crippen LogP contribution in [0.5, 0.6) is 0 Å². The van der Waals surface area contributed by atoms with Crippen molar-refractivity contribution in [2.24, 2.45) is 5.92 Å².